The fourth-order valence-corrected chi connectivity index (χ4v) is 3.12. The van der Waals surface area contributed by atoms with E-state index in [4.69, 9.17) is 5.73 Å². The molecule has 1 aromatic heterocycles. The number of hydrogen-bond donors (Lipinski definition) is 2. The van der Waals surface area contributed by atoms with Crippen LogP contribution in [0.3, 0.4) is 0 Å². The summed E-state index contributed by atoms with van der Waals surface area (Å²) in [5, 5.41) is 2.87. The molecule has 0 saturated carbocycles. The van der Waals surface area contributed by atoms with E-state index in [-0.39, 0.29) is 17.9 Å². The first-order chi connectivity index (χ1) is 12.8. The van der Waals surface area contributed by atoms with Crippen LogP contribution in [-0.4, -0.2) is 59.9 Å². The van der Waals surface area contributed by atoms with Gasteiger partial charge in [-0.05, 0) is 18.6 Å². The summed E-state index contributed by atoms with van der Waals surface area (Å²) < 4.78 is 0. The van der Waals surface area contributed by atoms with Crippen LogP contribution in [0.4, 0.5) is 11.8 Å². The van der Waals surface area contributed by atoms with Crippen LogP contribution < -0.4 is 16.0 Å². The van der Waals surface area contributed by atoms with Crippen molar-refractivity contribution in [3.8, 4) is 11.3 Å². The molecule has 2 amide bonds. The topological polar surface area (TPSA) is 104 Å². The number of rotatable bonds is 4. The van der Waals surface area contributed by atoms with Crippen molar-refractivity contribution in [3.05, 3.63) is 35.9 Å². The molecule has 0 aliphatic carbocycles. The second kappa shape index (κ2) is 7.61. The molecular formula is C19H24N6O2. The first kappa shape index (κ1) is 18.6. The summed E-state index contributed by atoms with van der Waals surface area (Å²) in [6.45, 7) is 2.67. The molecule has 8 heteroatoms. The fraction of sp³-hybridized carbons (Fsp3) is 0.368. The summed E-state index contributed by atoms with van der Waals surface area (Å²) in [6, 6.07) is 9.03. The summed E-state index contributed by atoms with van der Waals surface area (Å²) in [4.78, 5) is 36.1. The van der Waals surface area contributed by atoms with E-state index in [9.17, 15) is 9.59 Å². The van der Waals surface area contributed by atoms with E-state index in [0.717, 1.165) is 12.0 Å². The third-order valence-electron chi connectivity index (χ3n) is 4.44. The lowest BCUT2D eigenvalue weighted by molar-refractivity contribution is -0.119. The average Bonchev–Trinajstić information content (AvgIpc) is 3.08. The minimum atomic E-state index is -0.0696. The normalized spacial score (nSPS) is 16.3. The Morgan fingerprint density at radius 1 is 1.22 bits per heavy atom. The molecule has 0 spiro atoms. The number of carbonyl (C=O) groups excluding carboxylic acids is 2. The van der Waals surface area contributed by atoms with Crippen molar-refractivity contribution >= 4 is 23.6 Å². The van der Waals surface area contributed by atoms with Gasteiger partial charge < -0.3 is 20.9 Å². The van der Waals surface area contributed by atoms with Crippen LogP contribution in [0.5, 0.6) is 0 Å². The van der Waals surface area contributed by atoms with Crippen molar-refractivity contribution in [1.82, 2.24) is 20.2 Å². The summed E-state index contributed by atoms with van der Waals surface area (Å²) >= 11 is 0. The SMILES string of the molecule is CC(=O)N[C@@H]1CCN(C(=O)c2ccc(-c3cc(N)nc(N(C)C)n3)cc2)C1. The molecule has 3 rings (SSSR count). The van der Waals surface area contributed by atoms with Gasteiger partial charge in [-0.15, -0.1) is 0 Å². The molecule has 1 fully saturated rings. The monoisotopic (exact) mass is 368 g/mol. The molecule has 0 unspecified atom stereocenters. The van der Waals surface area contributed by atoms with Gasteiger partial charge >= 0.3 is 0 Å². The lowest BCUT2D eigenvalue weighted by atomic mass is 10.1. The number of nitrogens with two attached hydrogens (primary N) is 1. The average molecular weight is 368 g/mol. The largest absolute Gasteiger partial charge is 0.384 e. The van der Waals surface area contributed by atoms with E-state index in [2.05, 4.69) is 15.3 Å². The molecule has 27 heavy (non-hydrogen) atoms. The van der Waals surface area contributed by atoms with Gasteiger partial charge in [-0.3, -0.25) is 9.59 Å². The second-order valence-corrected chi connectivity index (χ2v) is 6.89. The molecule has 0 bridgehead atoms. The van der Waals surface area contributed by atoms with E-state index < -0.39 is 0 Å². The zero-order valence-electron chi connectivity index (χ0n) is 15.8. The fourth-order valence-electron chi connectivity index (χ4n) is 3.12. The number of nitrogen functional groups attached to an aromatic ring is 1. The summed E-state index contributed by atoms with van der Waals surface area (Å²) in [5.41, 5.74) is 8.05. The molecule has 2 aromatic rings. The van der Waals surface area contributed by atoms with Gasteiger partial charge in [0.15, 0.2) is 0 Å². The van der Waals surface area contributed by atoms with Crippen molar-refractivity contribution in [3.63, 3.8) is 0 Å². The molecule has 1 saturated heterocycles. The highest BCUT2D eigenvalue weighted by Gasteiger charge is 2.27. The second-order valence-electron chi connectivity index (χ2n) is 6.89. The van der Waals surface area contributed by atoms with Crippen LogP contribution in [0.1, 0.15) is 23.7 Å². The Kier molecular flexibility index (Phi) is 5.25. The number of likely N-dealkylation sites (tertiary alicyclic amines) is 1. The number of anilines is 2. The molecule has 0 radical (unpaired) electrons. The minimum Gasteiger partial charge on any atom is -0.384 e. The van der Waals surface area contributed by atoms with Crippen LogP contribution in [-0.2, 0) is 4.79 Å². The Bertz CT molecular complexity index is 850. The van der Waals surface area contributed by atoms with E-state index in [1.165, 1.54) is 6.92 Å². The van der Waals surface area contributed by atoms with Gasteiger partial charge in [0.25, 0.3) is 5.91 Å². The number of nitrogens with one attached hydrogen (secondary N) is 1. The molecular weight excluding hydrogens is 344 g/mol. The molecule has 3 N–H and O–H groups in total. The predicted molar refractivity (Wildman–Crippen MR) is 104 cm³/mol. The quantitative estimate of drug-likeness (QED) is 0.839. The lowest BCUT2D eigenvalue weighted by Gasteiger charge is -2.17. The highest BCUT2D eigenvalue weighted by Crippen LogP contribution is 2.22. The standard InChI is InChI=1S/C19H24N6O2/c1-12(26)21-15-8-9-25(11-15)18(27)14-6-4-13(5-7-14)16-10-17(20)23-19(22-16)24(2)3/h4-7,10,15H,8-9,11H2,1-3H3,(H,21,26)(H2,20,22,23)/t15-/m1/s1. The van der Waals surface area contributed by atoms with Crippen molar-refractivity contribution in [2.24, 2.45) is 0 Å². The van der Waals surface area contributed by atoms with Crippen LogP contribution in [0.15, 0.2) is 30.3 Å². The van der Waals surface area contributed by atoms with E-state index >= 15 is 0 Å². The maximum absolute atomic E-state index is 12.7. The number of aromatic nitrogens is 2. The minimum absolute atomic E-state index is 0.0270. The first-order valence-corrected chi connectivity index (χ1v) is 8.82. The Balaban J connectivity index is 1.74. The zero-order valence-corrected chi connectivity index (χ0v) is 15.8. The smallest absolute Gasteiger partial charge is 0.253 e. The zero-order chi connectivity index (χ0) is 19.6. The number of nitrogens with zero attached hydrogens (tertiary/aromatic N) is 4. The van der Waals surface area contributed by atoms with Crippen LogP contribution >= 0.6 is 0 Å². The first-order valence-electron chi connectivity index (χ1n) is 8.82. The molecule has 1 aromatic carbocycles. The Hall–Kier alpha value is -3.16. The van der Waals surface area contributed by atoms with E-state index in [0.29, 0.717) is 36.1 Å². The van der Waals surface area contributed by atoms with E-state index in [1.807, 2.05) is 26.2 Å². The molecule has 1 aliphatic rings. The van der Waals surface area contributed by atoms with Gasteiger partial charge in [0.05, 0.1) is 5.69 Å². The Morgan fingerprint density at radius 3 is 2.56 bits per heavy atom. The maximum atomic E-state index is 12.7. The van der Waals surface area contributed by atoms with Gasteiger partial charge in [-0.1, -0.05) is 12.1 Å². The Morgan fingerprint density at radius 2 is 1.93 bits per heavy atom. The van der Waals surface area contributed by atoms with Gasteiger partial charge in [0, 0.05) is 57.3 Å². The van der Waals surface area contributed by atoms with Crippen LogP contribution in [0.2, 0.25) is 0 Å². The van der Waals surface area contributed by atoms with Crippen LogP contribution in [0.25, 0.3) is 11.3 Å². The number of hydrogen-bond acceptors (Lipinski definition) is 6. The third kappa shape index (κ3) is 4.33. The van der Waals surface area contributed by atoms with Gasteiger partial charge in [-0.2, -0.15) is 4.98 Å². The molecule has 2 heterocycles. The highest BCUT2D eigenvalue weighted by atomic mass is 16.2. The third-order valence-corrected chi connectivity index (χ3v) is 4.44. The van der Waals surface area contributed by atoms with Gasteiger partial charge in [0.1, 0.15) is 5.82 Å². The van der Waals surface area contributed by atoms with Gasteiger partial charge in [0.2, 0.25) is 11.9 Å². The summed E-state index contributed by atoms with van der Waals surface area (Å²) in [5.74, 6) is 0.821. The number of carbonyl (C=O) groups is 2. The molecule has 8 nitrogen and oxygen atoms in total. The predicted octanol–water partition coefficient (Wildman–Crippen LogP) is 1.14. The number of benzene rings is 1. The highest BCUT2D eigenvalue weighted by molar-refractivity contribution is 5.95. The maximum Gasteiger partial charge on any atom is 0.253 e. The van der Waals surface area contributed by atoms with E-state index in [1.54, 1.807) is 28.0 Å². The van der Waals surface area contributed by atoms with Crippen molar-refractivity contribution in [1.29, 1.82) is 0 Å². The van der Waals surface area contributed by atoms with Crippen molar-refractivity contribution < 1.29 is 9.59 Å². The van der Waals surface area contributed by atoms with Crippen molar-refractivity contribution in [2.45, 2.75) is 19.4 Å². The number of amides is 2. The van der Waals surface area contributed by atoms with Crippen molar-refractivity contribution in [2.75, 3.05) is 37.8 Å². The molecule has 1 atom stereocenters. The lowest BCUT2D eigenvalue weighted by Crippen LogP contribution is -2.37. The van der Waals surface area contributed by atoms with Crippen LogP contribution in [0, 0.1) is 0 Å². The molecule has 142 valence electrons. The summed E-state index contributed by atoms with van der Waals surface area (Å²) in [6.07, 6.45) is 0.775. The van der Waals surface area contributed by atoms with Gasteiger partial charge in [-0.25, -0.2) is 4.98 Å². The summed E-state index contributed by atoms with van der Waals surface area (Å²) in [7, 11) is 3.70. The Labute approximate surface area is 158 Å². The molecule has 1 aliphatic heterocycles.